The number of nitrogens with one attached hydrogen (secondary N) is 1. The quantitative estimate of drug-likeness (QED) is 0.406. The molecule has 0 fully saturated rings. The fourth-order valence-electron chi connectivity index (χ4n) is 2.89. The molecule has 0 unspecified atom stereocenters. The number of carbonyl (C=O) groups is 1. The molecule has 0 bridgehead atoms. The van der Waals surface area contributed by atoms with Gasteiger partial charge in [0.25, 0.3) is 0 Å². The zero-order chi connectivity index (χ0) is 22.4. The van der Waals surface area contributed by atoms with Crippen molar-refractivity contribution in [1.82, 2.24) is 4.98 Å². The third-order valence-electron chi connectivity index (χ3n) is 4.51. The lowest BCUT2D eigenvalue weighted by molar-refractivity contribution is -0.135. The van der Waals surface area contributed by atoms with E-state index >= 15 is 0 Å². The van der Waals surface area contributed by atoms with Crippen LogP contribution in [0.25, 0.3) is 10.9 Å². The van der Waals surface area contributed by atoms with Crippen molar-refractivity contribution in [3.05, 3.63) is 54.2 Å². The first kappa shape index (κ1) is 22.2. The predicted octanol–water partition coefficient (Wildman–Crippen LogP) is 2.38. The zero-order valence-corrected chi connectivity index (χ0v) is 17.9. The lowest BCUT2D eigenvalue weighted by atomic mass is 10.1. The molecule has 8 nitrogen and oxygen atoms in total. The SMILES string of the molecule is CC#CCOc1ccc(S(=O)(=O)OC(=O)[C@@H](N)Cc2c[nH]c3ccc(OC)cc23)cc1. The van der Waals surface area contributed by atoms with Crippen LogP contribution in [0.3, 0.4) is 0 Å². The first-order valence-corrected chi connectivity index (χ1v) is 10.7. The van der Waals surface area contributed by atoms with Crippen molar-refractivity contribution in [2.75, 3.05) is 13.7 Å². The van der Waals surface area contributed by atoms with E-state index in [9.17, 15) is 13.2 Å². The second-order valence-electron chi connectivity index (χ2n) is 6.58. The Hall–Kier alpha value is -3.48. The number of benzene rings is 2. The molecule has 9 heteroatoms. The van der Waals surface area contributed by atoms with Gasteiger partial charge in [-0.1, -0.05) is 5.92 Å². The van der Waals surface area contributed by atoms with Crippen LogP contribution in [0.2, 0.25) is 0 Å². The minimum atomic E-state index is -4.32. The summed E-state index contributed by atoms with van der Waals surface area (Å²) >= 11 is 0. The number of nitrogens with two attached hydrogens (primary N) is 1. The fourth-order valence-corrected chi connectivity index (χ4v) is 3.79. The number of ether oxygens (including phenoxy) is 2. The molecular formula is C22H22N2O6S. The Balaban J connectivity index is 1.67. The van der Waals surface area contributed by atoms with Crippen molar-refractivity contribution in [1.29, 1.82) is 0 Å². The summed E-state index contributed by atoms with van der Waals surface area (Å²) in [5, 5.41) is 0.828. The molecule has 0 saturated carbocycles. The molecule has 2 aromatic carbocycles. The summed E-state index contributed by atoms with van der Waals surface area (Å²) < 4.78 is 40.2. The van der Waals surface area contributed by atoms with E-state index in [1.807, 2.05) is 12.1 Å². The fraction of sp³-hybridized carbons (Fsp3) is 0.227. The highest BCUT2D eigenvalue weighted by molar-refractivity contribution is 7.87. The Bertz CT molecular complexity index is 1240. The number of aromatic amines is 1. The van der Waals surface area contributed by atoms with Crippen molar-refractivity contribution in [3.63, 3.8) is 0 Å². The number of fused-ring (bicyclic) bond motifs is 1. The number of rotatable bonds is 8. The molecule has 0 aliphatic heterocycles. The molecule has 0 amide bonds. The second-order valence-corrected chi connectivity index (χ2v) is 8.13. The Morgan fingerprint density at radius 2 is 1.87 bits per heavy atom. The Kier molecular flexibility index (Phi) is 6.84. The molecular weight excluding hydrogens is 420 g/mol. The Labute approximate surface area is 180 Å². The highest BCUT2D eigenvalue weighted by atomic mass is 32.2. The third-order valence-corrected chi connectivity index (χ3v) is 5.74. The van der Waals surface area contributed by atoms with E-state index in [-0.39, 0.29) is 17.9 Å². The van der Waals surface area contributed by atoms with Crippen LogP contribution in [0.15, 0.2) is 53.6 Å². The number of hydrogen-bond donors (Lipinski definition) is 2. The lowest BCUT2D eigenvalue weighted by Crippen LogP contribution is -2.35. The number of carbonyl (C=O) groups excluding carboxylic acids is 1. The molecule has 3 aromatic rings. The Morgan fingerprint density at radius 1 is 1.16 bits per heavy atom. The predicted molar refractivity (Wildman–Crippen MR) is 115 cm³/mol. The van der Waals surface area contributed by atoms with Gasteiger partial charge in [0.05, 0.1) is 7.11 Å². The van der Waals surface area contributed by atoms with E-state index in [2.05, 4.69) is 16.8 Å². The maximum atomic E-state index is 12.4. The molecule has 0 aliphatic rings. The largest absolute Gasteiger partial charge is 0.497 e. The number of hydrogen-bond acceptors (Lipinski definition) is 7. The van der Waals surface area contributed by atoms with Crippen molar-refractivity contribution < 1.29 is 26.9 Å². The van der Waals surface area contributed by atoms with Crippen LogP contribution in [-0.2, 0) is 25.5 Å². The molecule has 3 N–H and O–H groups in total. The molecule has 0 spiro atoms. The maximum Gasteiger partial charge on any atom is 0.341 e. The van der Waals surface area contributed by atoms with E-state index in [1.54, 1.807) is 26.3 Å². The maximum absolute atomic E-state index is 12.4. The van der Waals surface area contributed by atoms with Gasteiger partial charge in [-0.05, 0) is 55.0 Å². The van der Waals surface area contributed by atoms with Gasteiger partial charge in [-0.25, -0.2) is 4.79 Å². The molecule has 1 heterocycles. The van der Waals surface area contributed by atoms with Crippen molar-refractivity contribution in [2.45, 2.75) is 24.3 Å². The summed E-state index contributed by atoms with van der Waals surface area (Å²) in [6.45, 7) is 1.87. The number of aromatic nitrogens is 1. The van der Waals surface area contributed by atoms with E-state index in [1.165, 1.54) is 24.3 Å². The normalized spacial score (nSPS) is 12.0. The van der Waals surface area contributed by atoms with Gasteiger partial charge in [-0.15, -0.1) is 5.92 Å². The van der Waals surface area contributed by atoms with Gasteiger partial charge in [-0.3, -0.25) is 0 Å². The summed E-state index contributed by atoms with van der Waals surface area (Å²) in [4.78, 5) is 15.3. The standard InChI is InChI=1S/C22H22N2O6S/c1-3-4-11-29-16-5-8-18(9-6-16)31(26,27)30-22(25)20(23)12-15-14-24-21-10-7-17(28-2)13-19(15)21/h5-10,13-14,20,24H,11-12,23H2,1-2H3/t20-/m0/s1. The summed E-state index contributed by atoms with van der Waals surface area (Å²) in [6.07, 6.45) is 1.81. The second kappa shape index (κ2) is 9.55. The van der Waals surface area contributed by atoms with Crippen molar-refractivity contribution >= 4 is 27.0 Å². The molecule has 3 rings (SSSR count). The summed E-state index contributed by atoms with van der Waals surface area (Å²) in [6, 6.07) is 9.77. The van der Waals surface area contributed by atoms with Crippen LogP contribution < -0.4 is 15.2 Å². The van der Waals surface area contributed by atoms with Gasteiger partial charge < -0.3 is 24.4 Å². The zero-order valence-electron chi connectivity index (χ0n) is 17.0. The van der Waals surface area contributed by atoms with Crippen molar-refractivity contribution in [3.8, 4) is 23.3 Å². The molecule has 0 aliphatic carbocycles. The van der Waals surface area contributed by atoms with E-state index < -0.39 is 22.1 Å². The minimum Gasteiger partial charge on any atom is -0.497 e. The molecule has 1 aromatic heterocycles. The average Bonchev–Trinajstić information content (AvgIpc) is 3.15. The van der Waals surface area contributed by atoms with Crippen molar-refractivity contribution in [2.24, 2.45) is 5.73 Å². The van der Waals surface area contributed by atoms with Gasteiger partial charge in [0.15, 0.2) is 0 Å². The molecule has 162 valence electrons. The molecule has 0 saturated heterocycles. The first-order valence-electron chi connectivity index (χ1n) is 9.34. The summed E-state index contributed by atoms with van der Waals surface area (Å²) in [5.74, 6) is 5.47. The summed E-state index contributed by atoms with van der Waals surface area (Å²) in [5.41, 5.74) is 7.52. The van der Waals surface area contributed by atoms with Gasteiger partial charge in [0, 0.05) is 23.5 Å². The highest BCUT2D eigenvalue weighted by Crippen LogP contribution is 2.25. The van der Waals surface area contributed by atoms with E-state index in [4.69, 9.17) is 19.4 Å². The average molecular weight is 442 g/mol. The van der Waals surface area contributed by atoms with Gasteiger partial charge >= 0.3 is 16.1 Å². The van der Waals surface area contributed by atoms with Gasteiger partial charge in [-0.2, -0.15) is 8.42 Å². The molecule has 1 atom stereocenters. The monoisotopic (exact) mass is 442 g/mol. The number of methoxy groups -OCH3 is 1. The topological polar surface area (TPSA) is 121 Å². The highest BCUT2D eigenvalue weighted by Gasteiger charge is 2.25. The van der Waals surface area contributed by atoms with E-state index in [0.29, 0.717) is 11.5 Å². The number of H-pyrrole nitrogens is 1. The summed E-state index contributed by atoms with van der Waals surface area (Å²) in [7, 11) is -2.76. The van der Waals surface area contributed by atoms with Crippen LogP contribution in [0.4, 0.5) is 0 Å². The van der Waals surface area contributed by atoms with Crippen LogP contribution in [-0.4, -0.2) is 39.1 Å². The molecule has 0 radical (unpaired) electrons. The van der Waals surface area contributed by atoms with Crippen LogP contribution in [0.5, 0.6) is 11.5 Å². The minimum absolute atomic E-state index is 0.0900. The van der Waals surface area contributed by atoms with Crippen LogP contribution >= 0.6 is 0 Å². The Morgan fingerprint density at radius 3 is 2.55 bits per heavy atom. The van der Waals surface area contributed by atoms with Crippen LogP contribution in [0, 0.1) is 11.8 Å². The third kappa shape index (κ3) is 5.36. The van der Waals surface area contributed by atoms with Gasteiger partial charge in [0.1, 0.15) is 29.0 Å². The first-order chi connectivity index (χ1) is 14.8. The smallest absolute Gasteiger partial charge is 0.341 e. The molecule has 31 heavy (non-hydrogen) atoms. The van der Waals surface area contributed by atoms with Crippen LogP contribution in [0.1, 0.15) is 12.5 Å². The van der Waals surface area contributed by atoms with Gasteiger partial charge in [0.2, 0.25) is 0 Å². The lowest BCUT2D eigenvalue weighted by Gasteiger charge is -2.12. The van der Waals surface area contributed by atoms with E-state index in [0.717, 1.165) is 16.5 Å².